The molecule has 0 spiro atoms. The predicted molar refractivity (Wildman–Crippen MR) is 154 cm³/mol. The maximum atomic E-state index is 16.5. The molecule has 11 heteroatoms. The number of ether oxygens (including phenoxy) is 1. The Labute approximate surface area is 237 Å². The number of alkyl halides is 1. The van der Waals surface area contributed by atoms with Crippen LogP contribution in [0.4, 0.5) is 20.3 Å². The molecule has 6 heterocycles. The first-order valence-corrected chi connectivity index (χ1v) is 14.2. The van der Waals surface area contributed by atoms with Crippen molar-refractivity contribution in [2.24, 2.45) is 0 Å². The van der Waals surface area contributed by atoms with E-state index in [-0.39, 0.29) is 29.5 Å². The lowest BCUT2D eigenvalue weighted by Gasteiger charge is -2.34. The predicted octanol–water partition coefficient (Wildman–Crippen LogP) is 3.29. The van der Waals surface area contributed by atoms with E-state index in [1.54, 1.807) is 18.2 Å². The van der Waals surface area contributed by atoms with Crippen molar-refractivity contribution in [1.82, 2.24) is 25.2 Å². The number of rotatable bonds is 6. The molecule has 4 N–H and O–H groups in total. The normalized spacial score (nSPS) is 27.2. The van der Waals surface area contributed by atoms with Crippen LogP contribution in [0, 0.1) is 23.6 Å². The number of nitrogens with two attached hydrogens (primary N) is 1. The van der Waals surface area contributed by atoms with Gasteiger partial charge in [-0.3, -0.25) is 4.90 Å². The monoisotopic (exact) mass is 558 g/mol. The highest BCUT2D eigenvalue weighted by molar-refractivity contribution is 5.97. The molecule has 7 rings (SSSR count). The number of nitrogens with one attached hydrogen (secondary N) is 2. The van der Waals surface area contributed by atoms with Gasteiger partial charge in [0, 0.05) is 61.2 Å². The molecule has 4 atom stereocenters. The Bertz CT molecular complexity index is 1580. The van der Waals surface area contributed by atoms with Gasteiger partial charge in [-0.05, 0) is 50.3 Å². The molecule has 0 radical (unpaired) electrons. The van der Waals surface area contributed by atoms with E-state index in [4.69, 9.17) is 27.3 Å². The third kappa shape index (κ3) is 4.37. The van der Waals surface area contributed by atoms with Crippen LogP contribution in [-0.4, -0.2) is 82.6 Å². The molecule has 4 fully saturated rings. The Hall–Kier alpha value is -3.88. The first-order chi connectivity index (χ1) is 19.9. The summed E-state index contributed by atoms with van der Waals surface area (Å²) in [6, 6.07) is 5.51. The van der Waals surface area contributed by atoms with Gasteiger partial charge in [0.2, 0.25) is 0 Å². The summed E-state index contributed by atoms with van der Waals surface area (Å²) in [6.07, 6.45) is 10.5. The van der Waals surface area contributed by atoms with E-state index in [2.05, 4.69) is 31.0 Å². The van der Waals surface area contributed by atoms with Crippen LogP contribution in [0.15, 0.2) is 18.2 Å². The van der Waals surface area contributed by atoms with Gasteiger partial charge >= 0.3 is 6.01 Å². The highest BCUT2D eigenvalue weighted by atomic mass is 19.1. The molecule has 4 aliphatic rings. The quantitative estimate of drug-likeness (QED) is 0.240. The fraction of sp³-hybridized carbons (Fsp3) is 0.467. The van der Waals surface area contributed by atoms with E-state index in [1.165, 1.54) is 0 Å². The molecule has 9 nitrogen and oxygen atoms in total. The molecule has 2 bridgehead atoms. The SMILES string of the molecule is C#Cc1nc(-c2ccc(N)c(C=N)c2)c(F)c2nc(OC[C@@]34CCCN3C[C@H](F)C4)nc(N3CC4CCC(C3)N4)c12. The van der Waals surface area contributed by atoms with Crippen molar-refractivity contribution in [2.75, 3.05) is 43.4 Å². The zero-order chi connectivity index (χ0) is 28.3. The molecular weight excluding hydrogens is 526 g/mol. The van der Waals surface area contributed by atoms with Gasteiger partial charge in [-0.15, -0.1) is 6.42 Å². The minimum absolute atomic E-state index is 0.0150. The lowest BCUT2D eigenvalue weighted by atomic mass is 9.95. The van der Waals surface area contributed by atoms with E-state index < -0.39 is 17.5 Å². The number of fused-ring (bicyclic) bond motifs is 4. The van der Waals surface area contributed by atoms with Crippen LogP contribution in [0.5, 0.6) is 6.01 Å². The lowest BCUT2D eigenvalue weighted by Crippen LogP contribution is -2.51. The Morgan fingerprint density at radius 1 is 1.22 bits per heavy atom. The molecule has 0 aliphatic carbocycles. The second-order valence-electron chi connectivity index (χ2n) is 11.7. The second kappa shape index (κ2) is 9.89. The molecule has 0 amide bonds. The summed E-state index contributed by atoms with van der Waals surface area (Å²) in [5.74, 6) is 2.48. The number of aromatic nitrogens is 3. The molecule has 4 aliphatic heterocycles. The third-order valence-electron chi connectivity index (χ3n) is 9.15. The number of nitrogens with zero attached hydrogens (tertiary/aromatic N) is 5. The third-order valence-corrected chi connectivity index (χ3v) is 9.15. The Morgan fingerprint density at radius 2 is 2.02 bits per heavy atom. The second-order valence-corrected chi connectivity index (χ2v) is 11.7. The Balaban J connectivity index is 1.36. The van der Waals surface area contributed by atoms with Crippen molar-refractivity contribution in [3.05, 3.63) is 35.3 Å². The van der Waals surface area contributed by atoms with Gasteiger partial charge in [-0.1, -0.05) is 6.07 Å². The summed E-state index contributed by atoms with van der Waals surface area (Å²) < 4.78 is 37.1. The van der Waals surface area contributed by atoms with Crippen molar-refractivity contribution in [2.45, 2.75) is 55.9 Å². The standard InChI is InChI=1S/C30H32F2N8O/c1-2-23-24-27(25(32)26(36-23)17-4-7-22(34)18(10-17)12-33)37-29(38-28(24)39-14-20-5-6-21(15-39)35-20)41-16-30-8-3-9-40(30)13-19(31)11-30/h1,4,7,10,12,19-21,33,35H,3,5-6,8-9,11,13-16,34H2/t19-,20?,21?,30+/m1/s1. The zero-order valence-corrected chi connectivity index (χ0v) is 22.7. The van der Waals surface area contributed by atoms with E-state index >= 15 is 4.39 Å². The summed E-state index contributed by atoms with van der Waals surface area (Å²) in [6.45, 7) is 2.86. The van der Waals surface area contributed by atoms with E-state index in [0.29, 0.717) is 66.2 Å². The minimum atomic E-state index is -0.890. The molecule has 3 aromatic rings. The number of halogens is 2. The summed E-state index contributed by atoms with van der Waals surface area (Å²) in [5, 5.41) is 11.7. The molecule has 2 aromatic heterocycles. The van der Waals surface area contributed by atoms with E-state index in [1.807, 2.05) is 0 Å². The fourth-order valence-corrected chi connectivity index (χ4v) is 7.19. The van der Waals surface area contributed by atoms with Crippen LogP contribution in [-0.2, 0) is 0 Å². The van der Waals surface area contributed by atoms with Crippen LogP contribution >= 0.6 is 0 Å². The summed E-state index contributed by atoms with van der Waals surface area (Å²) in [5.41, 5.74) is 7.11. The average Bonchev–Trinajstić information content (AvgIpc) is 3.62. The lowest BCUT2D eigenvalue weighted by molar-refractivity contribution is 0.107. The van der Waals surface area contributed by atoms with Gasteiger partial charge in [-0.25, -0.2) is 13.8 Å². The molecule has 2 unspecified atom stereocenters. The maximum Gasteiger partial charge on any atom is 0.319 e. The van der Waals surface area contributed by atoms with Crippen LogP contribution in [0.1, 0.15) is 43.4 Å². The number of nitrogen functional groups attached to an aromatic ring is 1. The van der Waals surface area contributed by atoms with Crippen LogP contribution in [0.2, 0.25) is 0 Å². The van der Waals surface area contributed by atoms with Crippen molar-refractivity contribution >= 4 is 28.6 Å². The first-order valence-electron chi connectivity index (χ1n) is 14.2. The van der Waals surface area contributed by atoms with Crippen molar-refractivity contribution < 1.29 is 13.5 Å². The smallest absolute Gasteiger partial charge is 0.319 e. The number of hydrogen-bond donors (Lipinski definition) is 3. The average molecular weight is 559 g/mol. The minimum Gasteiger partial charge on any atom is -0.461 e. The van der Waals surface area contributed by atoms with E-state index in [0.717, 1.165) is 38.4 Å². The number of piperazine rings is 1. The fourth-order valence-electron chi connectivity index (χ4n) is 7.19. The number of benzene rings is 1. The summed E-state index contributed by atoms with van der Waals surface area (Å²) in [7, 11) is 0. The highest BCUT2D eigenvalue weighted by Crippen LogP contribution is 2.41. The number of terminal acetylenes is 1. The van der Waals surface area contributed by atoms with Gasteiger partial charge < -0.3 is 26.1 Å². The van der Waals surface area contributed by atoms with Crippen molar-refractivity contribution in [1.29, 1.82) is 5.41 Å². The van der Waals surface area contributed by atoms with Gasteiger partial charge in [-0.2, -0.15) is 9.97 Å². The van der Waals surface area contributed by atoms with Gasteiger partial charge in [0.05, 0.1) is 10.9 Å². The number of pyridine rings is 1. The highest BCUT2D eigenvalue weighted by Gasteiger charge is 2.49. The van der Waals surface area contributed by atoms with E-state index in [9.17, 15) is 4.39 Å². The largest absolute Gasteiger partial charge is 0.461 e. The topological polar surface area (TPSA) is 116 Å². The molecule has 0 saturated carbocycles. The van der Waals surface area contributed by atoms with Gasteiger partial charge in [0.1, 0.15) is 35.5 Å². The summed E-state index contributed by atoms with van der Waals surface area (Å²) >= 11 is 0. The molecule has 41 heavy (non-hydrogen) atoms. The molecular formula is C30H32F2N8O. The molecule has 4 saturated heterocycles. The summed E-state index contributed by atoms with van der Waals surface area (Å²) in [4.78, 5) is 18.2. The maximum absolute atomic E-state index is 16.5. The van der Waals surface area contributed by atoms with Gasteiger partial charge in [0.25, 0.3) is 0 Å². The first kappa shape index (κ1) is 26.0. The van der Waals surface area contributed by atoms with Gasteiger partial charge in [0.15, 0.2) is 5.82 Å². The van der Waals surface area contributed by atoms with Crippen LogP contribution < -0.4 is 20.7 Å². The van der Waals surface area contributed by atoms with Crippen molar-refractivity contribution in [3.8, 4) is 29.6 Å². The zero-order valence-electron chi connectivity index (χ0n) is 22.7. The number of hydrogen-bond acceptors (Lipinski definition) is 9. The van der Waals surface area contributed by atoms with Crippen LogP contribution in [0.3, 0.4) is 0 Å². The number of anilines is 2. The molecule has 212 valence electrons. The Morgan fingerprint density at radius 3 is 2.78 bits per heavy atom. The van der Waals surface area contributed by atoms with Crippen molar-refractivity contribution in [3.63, 3.8) is 0 Å². The molecule has 1 aromatic carbocycles. The van der Waals surface area contributed by atoms with Crippen LogP contribution in [0.25, 0.3) is 22.2 Å². The Kier molecular flexibility index (Phi) is 6.28.